The number of aliphatic hydroxyl groups excluding tert-OH is 1. The highest BCUT2D eigenvalue weighted by molar-refractivity contribution is 7.14. The number of aliphatic hydroxyl groups is 1. The molecule has 1 aromatic heterocycles. The van der Waals surface area contributed by atoms with E-state index < -0.39 is 0 Å². The van der Waals surface area contributed by atoms with Crippen LogP contribution in [0.2, 0.25) is 0 Å². The Balaban J connectivity index is 2.14. The van der Waals surface area contributed by atoms with Crippen molar-refractivity contribution in [2.75, 3.05) is 13.1 Å². The maximum absolute atomic E-state index is 12.1. The molecule has 1 aliphatic rings. The molecule has 0 aliphatic carbocycles. The van der Waals surface area contributed by atoms with Gasteiger partial charge in [-0.2, -0.15) is 0 Å². The van der Waals surface area contributed by atoms with Crippen molar-refractivity contribution in [1.29, 1.82) is 0 Å². The Hall–Kier alpha value is -0.870. The molecule has 4 heteroatoms. The van der Waals surface area contributed by atoms with Crippen LogP contribution in [-0.2, 0) is 6.42 Å². The van der Waals surface area contributed by atoms with Gasteiger partial charge in [0.2, 0.25) is 0 Å². The Bertz CT molecular complexity index is 400. The topological polar surface area (TPSA) is 40.5 Å². The van der Waals surface area contributed by atoms with Crippen molar-refractivity contribution >= 4 is 17.2 Å². The quantitative estimate of drug-likeness (QED) is 0.855. The Kier molecular flexibility index (Phi) is 3.30. The van der Waals surface area contributed by atoms with Crippen molar-refractivity contribution in [1.82, 2.24) is 4.90 Å². The lowest BCUT2D eigenvalue weighted by Gasteiger charge is -2.13. The fourth-order valence-corrected chi connectivity index (χ4v) is 3.14. The second kappa shape index (κ2) is 4.55. The summed E-state index contributed by atoms with van der Waals surface area (Å²) in [6.45, 7) is 5.31. The van der Waals surface area contributed by atoms with Crippen LogP contribution in [0.25, 0.3) is 0 Å². The minimum Gasteiger partial charge on any atom is -0.391 e. The molecule has 3 nitrogen and oxygen atoms in total. The number of amides is 1. The van der Waals surface area contributed by atoms with Gasteiger partial charge in [-0.25, -0.2) is 0 Å². The van der Waals surface area contributed by atoms with Crippen molar-refractivity contribution < 1.29 is 9.90 Å². The molecule has 0 radical (unpaired) electrons. The minimum absolute atomic E-state index is 0.0735. The first kappa shape index (κ1) is 11.6. The molecule has 16 heavy (non-hydrogen) atoms. The average Bonchev–Trinajstić information content (AvgIpc) is 2.83. The van der Waals surface area contributed by atoms with Gasteiger partial charge in [-0.15, -0.1) is 11.3 Å². The summed E-state index contributed by atoms with van der Waals surface area (Å²) >= 11 is 1.58. The van der Waals surface area contributed by atoms with Gasteiger partial charge in [0.25, 0.3) is 5.91 Å². The van der Waals surface area contributed by atoms with E-state index in [9.17, 15) is 9.90 Å². The summed E-state index contributed by atoms with van der Waals surface area (Å²) in [6.07, 6.45) is 1.35. The predicted octanol–water partition coefficient (Wildman–Crippen LogP) is 1.83. The Labute approximate surface area is 99.7 Å². The summed E-state index contributed by atoms with van der Waals surface area (Å²) in [7, 11) is 0. The van der Waals surface area contributed by atoms with E-state index in [1.165, 1.54) is 10.4 Å². The normalized spacial score (nSPS) is 20.4. The van der Waals surface area contributed by atoms with Crippen LogP contribution in [0.5, 0.6) is 0 Å². The smallest absolute Gasteiger partial charge is 0.264 e. The molecule has 0 spiro atoms. The number of aryl methyl sites for hydroxylation is 2. The zero-order chi connectivity index (χ0) is 11.7. The van der Waals surface area contributed by atoms with Gasteiger partial charge in [-0.05, 0) is 31.4 Å². The van der Waals surface area contributed by atoms with Crippen LogP contribution in [0, 0.1) is 6.92 Å². The highest BCUT2D eigenvalue weighted by Crippen LogP contribution is 2.24. The summed E-state index contributed by atoms with van der Waals surface area (Å²) in [6, 6.07) is 1.97. The monoisotopic (exact) mass is 239 g/mol. The van der Waals surface area contributed by atoms with E-state index in [4.69, 9.17) is 0 Å². The average molecular weight is 239 g/mol. The fourth-order valence-electron chi connectivity index (χ4n) is 2.06. The maximum atomic E-state index is 12.1. The Morgan fingerprint density at radius 2 is 2.44 bits per heavy atom. The van der Waals surface area contributed by atoms with Crippen molar-refractivity contribution in [3.63, 3.8) is 0 Å². The van der Waals surface area contributed by atoms with Crippen LogP contribution in [0.4, 0.5) is 0 Å². The summed E-state index contributed by atoms with van der Waals surface area (Å²) in [4.78, 5) is 15.9. The standard InChI is InChI=1S/C12H17NO2S/c1-3-10-8(2)6-11(16-10)12(15)13-5-4-9(14)7-13/h6,9,14H,3-5,7H2,1-2H3/t9-/m0/s1. The van der Waals surface area contributed by atoms with Gasteiger partial charge in [0, 0.05) is 18.0 Å². The largest absolute Gasteiger partial charge is 0.391 e. The van der Waals surface area contributed by atoms with Gasteiger partial charge >= 0.3 is 0 Å². The number of likely N-dealkylation sites (tertiary alicyclic amines) is 1. The second-order valence-corrected chi connectivity index (χ2v) is 5.40. The fraction of sp³-hybridized carbons (Fsp3) is 0.583. The minimum atomic E-state index is -0.337. The van der Waals surface area contributed by atoms with Crippen LogP contribution >= 0.6 is 11.3 Å². The van der Waals surface area contributed by atoms with E-state index >= 15 is 0 Å². The van der Waals surface area contributed by atoms with Crippen LogP contribution < -0.4 is 0 Å². The molecule has 1 amide bonds. The highest BCUT2D eigenvalue weighted by Gasteiger charge is 2.26. The van der Waals surface area contributed by atoms with E-state index in [0.717, 1.165) is 11.3 Å². The number of nitrogens with zero attached hydrogens (tertiary/aromatic N) is 1. The zero-order valence-corrected chi connectivity index (χ0v) is 10.5. The lowest BCUT2D eigenvalue weighted by Crippen LogP contribution is -2.28. The predicted molar refractivity (Wildman–Crippen MR) is 65.0 cm³/mol. The van der Waals surface area contributed by atoms with E-state index in [-0.39, 0.29) is 12.0 Å². The number of β-amino-alcohol motifs (C(OH)–C–C–N with tert-alkyl or cyclic N) is 1. The lowest BCUT2D eigenvalue weighted by atomic mass is 10.2. The van der Waals surface area contributed by atoms with Gasteiger partial charge in [0.05, 0.1) is 11.0 Å². The Morgan fingerprint density at radius 1 is 1.69 bits per heavy atom. The first-order chi connectivity index (χ1) is 7.61. The summed E-state index contributed by atoms with van der Waals surface area (Å²) in [5.74, 6) is 0.0735. The summed E-state index contributed by atoms with van der Waals surface area (Å²) in [5, 5.41) is 9.41. The van der Waals surface area contributed by atoms with Crippen molar-refractivity contribution in [3.8, 4) is 0 Å². The zero-order valence-electron chi connectivity index (χ0n) is 9.69. The maximum Gasteiger partial charge on any atom is 0.264 e. The van der Waals surface area contributed by atoms with Crippen molar-refractivity contribution in [3.05, 3.63) is 21.4 Å². The van der Waals surface area contributed by atoms with Crippen LogP contribution in [0.3, 0.4) is 0 Å². The molecule has 1 aromatic rings. The molecule has 1 N–H and O–H groups in total. The van der Waals surface area contributed by atoms with Gasteiger partial charge in [0.15, 0.2) is 0 Å². The van der Waals surface area contributed by atoms with Crippen LogP contribution in [-0.4, -0.2) is 35.1 Å². The van der Waals surface area contributed by atoms with E-state index in [0.29, 0.717) is 19.5 Å². The molecule has 1 atom stereocenters. The number of rotatable bonds is 2. The Morgan fingerprint density at radius 3 is 2.94 bits per heavy atom. The summed E-state index contributed by atoms with van der Waals surface area (Å²) in [5.41, 5.74) is 1.20. The molecular weight excluding hydrogens is 222 g/mol. The molecule has 0 bridgehead atoms. The number of hydrogen-bond acceptors (Lipinski definition) is 3. The summed E-state index contributed by atoms with van der Waals surface area (Å²) < 4.78 is 0. The molecular formula is C12H17NO2S. The van der Waals surface area contributed by atoms with E-state index in [1.807, 2.05) is 13.0 Å². The van der Waals surface area contributed by atoms with Gasteiger partial charge in [-0.3, -0.25) is 4.79 Å². The molecule has 2 heterocycles. The highest BCUT2D eigenvalue weighted by atomic mass is 32.1. The van der Waals surface area contributed by atoms with Crippen molar-refractivity contribution in [2.45, 2.75) is 32.8 Å². The van der Waals surface area contributed by atoms with Gasteiger partial charge in [0.1, 0.15) is 0 Å². The molecule has 0 saturated carbocycles. The molecule has 1 aliphatic heterocycles. The molecule has 1 saturated heterocycles. The van der Waals surface area contributed by atoms with E-state index in [2.05, 4.69) is 6.92 Å². The molecule has 2 rings (SSSR count). The van der Waals surface area contributed by atoms with Crippen LogP contribution in [0.15, 0.2) is 6.07 Å². The molecule has 1 fully saturated rings. The number of thiophene rings is 1. The SMILES string of the molecule is CCc1sc(C(=O)N2CC[C@H](O)C2)cc1C. The first-order valence-electron chi connectivity index (χ1n) is 5.68. The van der Waals surface area contributed by atoms with Gasteiger partial charge < -0.3 is 10.0 Å². The third-order valence-corrected chi connectivity index (χ3v) is 4.37. The van der Waals surface area contributed by atoms with Crippen molar-refractivity contribution in [2.24, 2.45) is 0 Å². The number of carbonyl (C=O) groups is 1. The van der Waals surface area contributed by atoms with E-state index in [1.54, 1.807) is 16.2 Å². The second-order valence-electron chi connectivity index (χ2n) is 4.26. The first-order valence-corrected chi connectivity index (χ1v) is 6.50. The molecule has 0 unspecified atom stereocenters. The molecule has 0 aromatic carbocycles. The third kappa shape index (κ3) is 2.13. The molecule has 88 valence electrons. The number of carbonyl (C=O) groups excluding carboxylic acids is 1. The third-order valence-electron chi connectivity index (χ3n) is 3.00. The van der Waals surface area contributed by atoms with Gasteiger partial charge in [-0.1, -0.05) is 6.92 Å². The number of hydrogen-bond donors (Lipinski definition) is 1. The van der Waals surface area contributed by atoms with Crippen LogP contribution in [0.1, 0.15) is 33.5 Å². The lowest BCUT2D eigenvalue weighted by molar-refractivity contribution is 0.0769.